The first-order chi connectivity index (χ1) is 20.2. The van der Waals surface area contributed by atoms with Crippen LogP contribution >= 0.6 is 0 Å². The molecule has 1 spiro atoms. The summed E-state index contributed by atoms with van der Waals surface area (Å²) in [5.41, 5.74) is 2.65. The number of amides is 2. The van der Waals surface area contributed by atoms with E-state index in [0.717, 1.165) is 25.7 Å². The van der Waals surface area contributed by atoms with Crippen molar-refractivity contribution in [3.8, 4) is 17.0 Å². The molecule has 11 nitrogen and oxygen atoms in total. The molecule has 2 atom stereocenters. The molecule has 0 bridgehead atoms. The molecule has 2 aliphatic carbocycles. The lowest BCUT2D eigenvalue weighted by Crippen LogP contribution is -2.52. The van der Waals surface area contributed by atoms with E-state index in [-0.39, 0.29) is 29.6 Å². The minimum Gasteiger partial charge on any atom is -0.493 e. The number of aryl methyl sites for hydroxylation is 2. The second-order valence-electron chi connectivity index (χ2n) is 11.4. The van der Waals surface area contributed by atoms with E-state index in [4.69, 9.17) is 9.37 Å². The fourth-order valence-corrected chi connectivity index (χ4v) is 5.98. The van der Waals surface area contributed by atoms with Crippen LogP contribution in [0.3, 0.4) is 0 Å². The van der Waals surface area contributed by atoms with Gasteiger partial charge in [-0.15, -0.1) is 0 Å². The molecule has 1 aromatic carbocycles. The lowest BCUT2D eigenvalue weighted by molar-refractivity contribution is -0.119. The Morgan fingerprint density at radius 1 is 1.14 bits per heavy atom. The van der Waals surface area contributed by atoms with E-state index in [0.29, 0.717) is 34.0 Å². The molecule has 0 radical (unpaired) electrons. The van der Waals surface area contributed by atoms with Crippen LogP contribution in [0.25, 0.3) is 11.3 Å². The van der Waals surface area contributed by atoms with Crippen LogP contribution in [-0.4, -0.2) is 50.0 Å². The molecule has 42 heavy (non-hydrogen) atoms. The molecule has 7 rings (SSSR count). The summed E-state index contributed by atoms with van der Waals surface area (Å²) < 4.78 is 40.1. The number of anilines is 1. The van der Waals surface area contributed by atoms with Crippen molar-refractivity contribution in [1.29, 1.82) is 0 Å². The van der Waals surface area contributed by atoms with E-state index in [1.165, 1.54) is 24.4 Å². The first-order valence-corrected chi connectivity index (χ1v) is 13.8. The summed E-state index contributed by atoms with van der Waals surface area (Å²) >= 11 is 0. The van der Waals surface area contributed by atoms with Crippen LogP contribution < -0.4 is 15.4 Å². The van der Waals surface area contributed by atoms with Gasteiger partial charge >= 0.3 is 0 Å². The van der Waals surface area contributed by atoms with Gasteiger partial charge in [-0.05, 0) is 50.8 Å². The Morgan fingerprint density at radius 3 is 2.64 bits per heavy atom. The van der Waals surface area contributed by atoms with Crippen molar-refractivity contribution in [3.05, 3.63) is 70.4 Å². The van der Waals surface area contributed by atoms with Crippen LogP contribution in [0.15, 0.2) is 35.1 Å². The van der Waals surface area contributed by atoms with Crippen molar-refractivity contribution < 1.29 is 27.7 Å². The predicted molar refractivity (Wildman–Crippen MR) is 144 cm³/mol. The molecule has 216 valence electrons. The predicted octanol–water partition coefficient (Wildman–Crippen LogP) is 4.32. The van der Waals surface area contributed by atoms with Crippen LogP contribution in [0.4, 0.5) is 14.5 Å². The van der Waals surface area contributed by atoms with E-state index in [1.54, 1.807) is 19.9 Å². The monoisotopic (exact) mass is 575 g/mol. The Kier molecular flexibility index (Phi) is 6.06. The highest BCUT2D eigenvalue weighted by Crippen LogP contribution is 2.61. The van der Waals surface area contributed by atoms with Gasteiger partial charge in [0.25, 0.3) is 5.91 Å². The second-order valence-corrected chi connectivity index (χ2v) is 11.4. The molecule has 2 saturated carbocycles. The standard InChI is InChI=1S/C29H27F2N7O4/c1-13-21(14(2)36-35-13)24-19(31)10-17(11-32-24)33-27(39)25(34-28(40)26-23(15-3-4-15)37-42-38-26)22-18-6-5-16(30)9-20(18)41-12-29(22)7-8-29/h5-6,9-11,15,22,25H,3-4,7-8,12H2,1-2H3,(H,33,39)(H,34,40)(H,35,36)/t22?,25-/m0/s1. The number of benzene rings is 1. The Morgan fingerprint density at radius 2 is 1.95 bits per heavy atom. The third kappa shape index (κ3) is 4.48. The van der Waals surface area contributed by atoms with Crippen molar-refractivity contribution in [2.75, 3.05) is 11.9 Å². The maximum atomic E-state index is 15.3. The molecular formula is C29H27F2N7O4. The molecule has 4 aromatic rings. The van der Waals surface area contributed by atoms with E-state index in [2.05, 4.69) is 36.1 Å². The summed E-state index contributed by atoms with van der Waals surface area (Å²) in [6, 6.07) is 4.20. The molecule has 1 unspecified atom stereocenters. The highest BCUT2D eigenvalue weighted by Gasteiger charge is 2.58. The topological polar surface area (TPSA) is 148 Å². The smallest absolute Gasteiger partial charge is 0.276 e. The fourth-order valence-electron chi connectivity index (χ4n) is 5.98. The van der Waals surface area contributed by atoms with Crippen molar-refractivity contribution in [3.63, 3.8) is 0 Å². The molecule has 3 aromatic heterocycles. The third-order valence-corrected chi connectivity index (χ3v) is 8.45. The van der Waals surface area contributed by atoms with E-state index < -0.39 is 40.8 Å². The number of carbonyl (C=O) groups excluding carboxylic acids is 2. The number of hydrogen-bond acceptors (Lipinski definition) is 8. The maximum Gasteiger partial charge on any atom is 0.276 e. The molecule has 13 heteroatoms. The summed E-state index contributed by atoms with van der Waals surface area (Å²) in [4.78, 5) is 31.8. The number of aromatic nitrogens is 5. The van der Waals surface area contributed by atoms with Crippen LogP contribution in [0.1, 0.15) is 70.7 Å². The minimum atomic E-state index is -1.14. The van der Waals surface area contributed by atoms with Gasteiger partial charge in [-0.3, -0.25) is 19.7 Å². The molecule has 2 amide bonds. The fraction of sp³-hybridized carbons (Fsp3) is 0.379. The van der Waals surface area contributed by atoms with Crippen LogP contribution in [-0.2, 0) is 4.79 Å². The van der Waals surface area contributed by atoms with Crippen LogP contribution in [0.5, 0.6) is 5.75 Å². The zero-order chi connectivity index (χ0) is 29.2. The summed E-state index contributed by atoms with van der Waals surface area (Å²) in [6.45, 7) is 3.78. The Balaban J connectivity index is 1.23. The SMILES string of the molecule is Cc1n[nH]c(C)c1-c1ncc(NC(=O)[C@@H](NC(=O)c2nonc2C2CC2)C2c3ccc(F)cc3OCC23CC3)cc1F. The third-order valence-electron chi connectivity index (χ3n) is 8.45. The maximum absolute atomic E-state index is 15.3. The number of nitrogens with zero attached hydrogens (tertiary/aromatic N) is 4. The number of aromatic amines is 1. The largest absolute Gasteiger partial charge is 0.493 e. The van der Waals surface area contributed by atoms with Crippen molar-refractivity contribution in [2.24, 2.45) is 5.41 Å². The molecule has 1 aliphatic heterocycles. The summed E-state index contributed by atoms with van der Waals surface area (Å²) in [5.74, 6) is -2.48. The molecular weight excluding hydrogens is 548 g/mol. The van der Waals surface area contributed by atoms with E-state index in [1.807, 2.05) is 0 Å². The first-order valence-electron chi connectivity index (χ1n) is 13.8. The van der Waals surface area contributed by atoms with Crippen molar-refractivity contribution in [1.82, 2.24) is 30.8 Å². The van der Waals surface area contributed by atoms with E-state index >= 15 is 4.39 Å². The minimum absolute atomic E-state index is 0.0226. The number of carbonyl (C=O) groups is 2. The van der Waals surface area contributed by atoms with E-state index in [9.17, 15) is 14.0 Å². The van der Waals surface area contributed by atoms with Gasteiger partial charge in [0.15, 0.2) is 11.5 Å². The zero-order valence-corrected chi connectivity index (χ0v) is 22.8. The van der Waals surface area contributed by atoms with Gasteiger partial charge in [0.05, 0.1) is 24.2 Å². The number of H-pyrrole nitrogens is 1. The highest BCUT2D eigenvalue weighted by atomic mass is 19.1. The van der Waals surface area contributed by atoms with Crippen molar-refractivity contribution >= 4 is 17.5 Å². The summed E-state index contributed by atoms with van der Waals surface area (Å²) in [5, 5.41) is 20.2. The van der Waals surface area contributed by atoms with Gasteiger partial charge in [0.2, 0.25) is 5.91 Å². The van der Waals surface area contributed by atoms with Crippen LogP contribution in [0, 0.1) is 30.9 Å². The van der Waals surface area contributed by atoms with Gasteiger partial charge in [-0.1, -0.05) is 11.2 Å². The summed E-state index contributed by atoms with van der Waals surface area (Å²) in [6.07, 6.45) is 4.59. The van der Waals surface area contributed by atoms with Gasteiger partial charge in [0.1, 0.15) is 29.0 Å². The molecule has 3 N–H and O–H groups in total. The Bertz CT molecular complexity index is 1710. The van der Waals surface area contributed by atoms with Crippen molar-refractivity contribution in [2.45, 2.75) is 57.4 Å². The molecule has 2 fully saturated rings. The van der Waals surface area contributed by atoms with Gasteiger partial charge in [-0.2, -0.15) is 5.10 Å². The van der Waals surface area contributed by atoms with Gasteiger partial charge in [-0.25, -0.2) is 13.4 Å². The Hall–Kier alpha value is -4.68. The number of halogens is 2. The molecule has 4 heterocycles. The second kappa shape index (κ2) is 9.71. The zero-order valence-electron chi connectivity index (χ0n) is 22.8. The number of fused-ring (bicyclic) bond motifs is 1. The first kappa shape index (κ1) is 26.2. The van der Waals surface area contributed by atoms with Crippen LogP contribution in [0.2, 0.25) is 0 Å². The highest BCUT2D eigenvalue weighted by molar-refractivity contribution is 6.01. The number of hydrogen-bond donors (Lipinski definition) is 3. The van der Waals surface area contributed by atoms with Gasteiger partial charge in [0, 0.05) is 46.2 Å². The molecule has 3 aliphatic rings. The quantitative estimate of drug-likeness (QED) is 0.295. The summed E-state index contributed by atoms with van der Waals surface area (Å²) in [7, 11) is 0. The number of nitrogens with one attached hydrogen (secondary N) is 3. The number of ether oxygens (including phenoxy) is 1. The molecule has 0 saturated heterocycles. The average molecular weight is 576 g/mol. The number of pyridine rings is 1. The lowest BCUT2D eigenvalue weighted by Gasteiger charge is -2.38. The normalized spacial score (nSPS) is 19.1. The average Bonchev–Trinajstić information content (AvgIpc) is 3.88. The Labute approximate surface area is 238 Å². The van der Waals surface area contributed by atoms with Gasteiger partial charge < -0.3 is 15.4 Å². The lowest BCUT2D eigenvalue weighted by atomic mass is 9.75. The number of rotatable bonds is 7.